The number of carbonyl (C=O) groups excluding carboxylic acids is 1. The molecular formula is C26H23BrN2O3. The number of aromatic nitrogens is 1. The van der Waals surface area contributed by atoms with E-state index in [-0.39, 0.29) is 5.91 Å². The topological polar surface area (TPSA) is 64.4 Å². The Hall–Kier alpha value is -3.38. The number of methoxy groups -OCH3 is 1. The molecule has 0 saturated heterocycles. The second-order valence-electron chi connectivity index (χ2n) is 7.69. The summed E-state index contributed by atoms with van der Waals surface area (Å²) in [5, 5.41) is 2.88. The Balaban J connectivity index is 1.53. The van der Waals surface area contributed by atoms with Gasteiger partial charge in [-0.05, 0) is 66.1 Å². The van der Waals surface area contributed by atoms with Crippen molar-refractivity contribution in [1.82, 2.24) is 4.98 Å². The smallest absolute Gasteiger partial charge is 0.248 e. The van der Waals surface area contributed by atoms with Gasteiger partial charge in [0.05, 0.1) is 7.11 Å². The van der Waals surface area contributed by atoms with Crippen LogP contribution in [0.4, 0.5) is 5.69 Å². The molecule has 3 aromatic carbocycles. The van der Waals surface area contributed by atoms with Crippen molar-refractivity contribution in [3.8, 4) is 17.2 Å². The third-order valence-corrected chi connectivity index (χ3v) is 5.55. The summed E-state index contributed by atoms with van der Waals surface area (Å²) in [5.74, 6) is 1.38. The Morgan fingerprint density at radius 3 is 2.75 bits per heavy atom. The molecule has 0 atom stereocenters. The van der Waals surface area contributed by atoms with Crippen LogP contribution in [0.15, 0.2) is 75.6 Å². The maximum absolute atomic E-state index is 12.5. The SMILES string of the molecule is COc1ccc(Br)cc1/C=C/C(=O)Nc1cccc(-c2nc3cc(C(C)C)ccc3o2)c1. The highest BCUT2D eigenvalue weighted by molar-refractivity contribution is 9.10. The standard InChI is InChI=1S/C26H23BrN2O3/c1-16(2)17-7-10-24-22(15-17)29-26(32-24)19-5-4-6-21(14-19)28-25(30)12-8-18-13-20(27)9-11-23(18)31-3/h4-16H,1-3H3,(H,28,30)/b12-8+. The summed E-state index contributed by atoms with van der Waals surface area (Å²) in [6, 6.07) is 19.1. The van der Waals surface area contributed by atoms with Gasteiger partial charge in [-0.3, -0.25) is 4.79 Å². The number of nitrogens with one attached hydrogen (secondary N) is 1. The molecule has 0 spiro atoms. The number of rotatable bonds is 6. The summed E-state index contributed by atoms with van der Waals surface area (Å²) in [5.41, 5.74) is 5.03. The minimum atomic E-state index is -0.247. The average Bonchev–Trinajstić information content (AvgIpc) is 3.21. The molecule has 0 aliphatic rings. The first-order chi connectivity index (χ1) is 15.4. The minimum Gasteiger partial charge on any atom is -0.496 e. The summed E-state index contributed by atoms with van der Waals surface area (Å²) < 4.78 is 12.2. The average molecular weight is 491 g/mol. The number of halogens is 1. The molecule has 6 heteroatoms. The highest BCUT2D eigenvalue weighted by Gasteiger charge is 2.11. The Morgan fingerprint density at radius 2 is 1.97 bits per heavy atom. The minimum absolute atomic E-state index is 0.247. The molecule has 32 heavy (non-hydrogen) atoms. The fraction of sp³-hybridized carbons (Fsp3) is 0.154. The van der Waals surface area contributed by atoms with Crippen LogP contribution in [0.3, 0.4) is 0 Å². The first-order valence-electron chi connectivity index (χ1n) is 10.3. The van der Waals surface area contributed by atoms with Crippen molar-refractivity contribution < 1.29 is 13.9 Å². The van der Waals surface area contributed by atoms with Crippen LogP contribution < -0.4 is 10.1 Å². The normalized spacial score (nSPS) is 11.4. The second kappa shape index (κ2) is 9.40. The molecule has 1 aromatic heterocycles. The van der Waals surface area contributed by atoms with E-state index in [9.17, 15) is 4.79 Å². The summed E-state index contributed by atoms with van der Waals surface area (Å²) in [7, 11) is 1.60. The first kappa shape index (κ1) is 21.8. The lowest BCUT2D eigenvalue weighted by molar-refractivity contribution is -0.111. The van der Waals surface area contributed by atoms with E-state index in [2.05, 4.69) is 52.2 Å². The van der Waals surface area contributed by atoms with Gasteiger partial charge < -0.3 is 14.5 Å². The summed E-state index contributed by atoms with van der Waals surface area (Å²) in [6.07, 6.45) is 3.19. The van der Waals surface area contributed by atoms with E-state index in [4.69, 9.17) is 9.15 Å². The van der Waals surface area contributed by atoms with Crippen LogP contribution in [0, 0.1) is 0 Å². The number of hydrogen-bond acceptors (Lipinski definition) is 4. The lowest BCUT2D eigenvalue weighted by Gasteiger charge is -2.06. The van der Waals surface area contributed by atoms with E-state index in [1.54, 1.807) is 13.2 Å². The van der Waals surface area contributed by atoms with Crippen LogP contribution in [-0.2, 0) is 4.79 Å². The van der Waals surface area contributed by atoms with Gasteiger partial charge >= 0.3 is 0 Å². The third-order valence-electron chi connectivity index (χ3n) is 5.06. The lowest BCUT2D eigenvalue weighted by atomic mass is 10.0. The van der Waals surface area contributed by atoms with Crippen molar-refractivity contribution in [1.29, 1.82) is 0 Å². The molecule has 0 unspecified atom stereocenters. The van der Waals surface area contributed by atoms with Crippen LogP contribution in [0.2, 0.25) is 0 Å². The number of amides is 1. The van der Waals surface area contributed by atoms with Crippen LogP contribution in [0.1, 0.15) is 30.9 Å². The van der Waals surface area contributed by atoms with Gasteiger partial charge in [-0.25, -0.2) is 4.98 Å². The highest BCUT2D eigenvalue weighted by Crippen LogP contribution is 2.28. The third kappa shape index (κ3) is 4.92. The molecule has 4 rings (SSSR count). The van der Waals surface area contributed by atoms with Crippen LogP contribution >= 0.6 is 15.9 Å². The maximum Gasteiger partial charge on any atom is 0.248 e. The van der Waals surface area contributed by atoms with E-state index in [1.807, 2.05) is 48.5 Å². The highest BCUT2D eigenvalue weighted by atomic mass is 79.9. The van der Waals surface area contributed by atoms with Crippen LogP contribution in [0.5, 0.6) is 5.75 Å². The zero-order valence-electron chi connectivity index (χ0n) is 18.1. The molecule has 1 N–H and O–H groups in total. The van der Waals surface area contributed by atoms with Crippen molar-refractivity contribution in [2.45, 2.75) is 19.8 Å². The molecule has 0 saturated carbocycles. The van der Waals surface area contributed by atoms with Crippen molar-refractivity contribution in [3.05, 3.63) is 82.3 Å². The molecule has 162 valence electrons. The summed E-state index contributed by atoms with van der Waals surface area (Å²) >= 11 is 3.44. The largest absolute Gasteiger partial charge is 0.496 e. The van der Waals surface area contributed by atoms with Gasteiger partial charge in [0.1, 0.15) is 11.3 Å². The van der Waals surface area contributed by atoms with Crippen molar-refractivity contribution in [3.63, 3.8) is 0 Å². The monoisotopic (exact) mass is 490 g/mol. The van der Waals surface area contributed by atoms with Gasteiger partial charge in [-0.1, -0.05) is 41.9 Å². The molecule has 4 aromatic rings. The Labute approximate surface area is 195 Å². The fourth-order valence-electron chi connectivity index (χ4n) is 3.34. The van der Waals surface area contributed by atoms with Gasteiger partial charge in [-0.15, -0.1) is 0 Å². The van der Waals surface area contributed by atoms with Gasteiger partial charge in [0.2, 0.25) is 11.8 Å². The number of benzene rings is 3. The van der Waals surface area contributed by atoms with Crippen molar-refractivity contribution >= 4 is 44.7 Å². The predicted molar refractivity (Wildman–Crippen MR) is 132 cm³/mol. The number of anilines is 1. The molecule has 0 aliphatic carbocycles. The molecule has 1 heterocycles. The molecule has 1 amide bonds. The Kier molecular flexibility index (Phi) is 6.42. The molecule has 5 nitrogen and oxygen atoms in total. The number of hydrogen-bond donors (Lipinski definition) is 1. The molecule has 0 radical (unpaired) electrons. The lowest BCUT2D eigenvalue weighted by Crippen LogP contribution is -2.07. The van der Waals surface area contributed by atoms with E-state index in [1.165, 1.54) is 11.6 Å². The number of carbonyl (C=O) groups is 1. The van der Waals surface area contributed by atoms with E-state index in [0.717, 1.165) is 26.7 Å². The molecule has 0 aliphatic heterocycles. The molecule has 0 bridgehead atoms. The van der Waals surface area contributed by atoms with Gasteiger partial charge in [0, 0.05) is 27.4 Å². The van der Waals surface area contributed by atoms with Crippen molar-refractivity contribution in [2.75, 3.05) is 12.4 Å². The zero-order chi connectivity index (χ0) is 22.7. The molecule has 0 fully saturated rings. The number of ether oxygens (including phenoxy) is 1. The number of nitrogens with zero attached hydrogens (tertiary/aromatic N) is 1. The van der Waals surface area contributed by atoms with Crippen LogP contribution in [0.25, 0.3) is 28.6 Å². The number of fused-ring (bicyclic) bond motifs is 1. The van der Waals surface area contributed by atoms with Crippen LogP contribution in [-0.4, -0.2) is 18.0 Å². The Bertz CT molecular complexity index is 1310. The van der Waals surface area contributed by atoms with Crippen molar-refractivity contribution in [2.24, 2.45) is 0 Å². The quantitative estimate of drug-likeness (QED) is 0.294. The van der Waals surface area contributed by atoms with Gasteiger partial charge in [0.25, 0.3) is 0 Å². The summed E-state index contributed by atoms with van der Waals surface area (Å²) in [6.45, 7) is 4.30. The van der Waals surface area contributed by atoms with E-state index >= 15 is 0 Å². The van der Waals surface area contributed by atoms with Gasteiger partial charge in [0.15, 0.2) is 5.58 Å². The second-order valence-corrected chi connectivity index (χ2v) is 8.61. The fourth-order valence-corrected chi connectivity index (χ4v) is 3.72. The molecular weight excluding hydrogens is 468 g/mol. The Morgan fingerprint density at radius 1 is 1.12 bits per heavy atom. The predicted octanol–water partition coefficient (Wildman–Crippen LogP) is 7.04. The number of oxazole rings is 1. The summed E-state index contributed by atoms with van der Waals surface area (Å²) in [4.78, 5) is 17.1. The first-order valence-corrected chi connectivity index (χ1v) is 11.1. The van der Waals surface area contributed by atoms with E-state index < -0.39 is 0 Å². The maximum atomic E-state index is 12.5. The van der Waals surface area contributed by atoms with E-state index in [0.29, 0.717) is 23.2 Å². The zero-order valence-corrected chi connectivity index (χ0v) is 19.6. The van der Waals surface area contributed by atoms with Gasteiger partial charge in [-0.2, -0.15) is 0 Å².